The molecule has 18 heavy (non-hydrogen) atoms. The van der Waals surface area contributed by atoms with Crippen LogP contribution in [0.5, 0.6) is 5.75 Å². The Morgan fingerprint density at radius 1 is 1.39 bits per heavy atom. The van der Waals surface area contributed by atoms with E-state index in [0.29, 0.717) is 12.6 Å². The summed E-state index contributed by atoms with van der Waals surface area (Å²) in [4.78, 5) is 4.13. The number of hydrogen-bond acceptors (Lipinski definition) is 4. The minimum absolute atomic E-state index is 0.199. The molecule has 0 aliphatic carbocycles. The van der Waals surface area contributed by atoms with Crippen molar-refractivity contribution in [2.24, 2.45) is 0 Å². The van der Waals surface area contributed by atoms with Gasteiger partial charge in [0.1, 0.15) is 11.5 Å². The van der Waals surface area contributed by atoms with Crippen LogP contribution in [0.3, 0.4) is 0 Å². The molecule has 4 nitrogen and oxygen atoms in total. The molecule has 96 valence electrons. The van der Waals surface area contributed by atoms with Gasteiger partial charge in [0.2, 0.25) is 0 Å². The SMILES string of the molecule is CC(CCc1ccco1)NCc1ccc(O)cn1. The average molecular weight is 246 g/mol. The molecule has 0 bridgehead atoms. The highest BCUT2D eigenvalue weighted by atomic mass is 16.3. The van der Waals surface area contributed by atoms with E-state index in [2.05, 4.69) is 17.2 Å². The van der Waals surface area contributed by atoms with Crippen LogP contribution in [0.2, 0.25) is 0 Å². The molecule has 1 unspecified atom stereocenters. The summed E-state index contributed by atoms with van der Waals surface area (Å²) in [5, 5.41) is 12.5. The topological polar surface area (TPSA) is 58.3 Å². The van der Waals surface area contributed by atoms with Gasteiger partial charge in [0.05, 0.1) is 18.2 Å². The number of furan rings is 1. The lowest BCUT2D eigenvalue weighted by molar-refractivity contribution is 0.456. The van der Waals surface area contributed by atoms with E-state index >= 15 is 0 Å². The van der Waals surface area contributed by atoms with E-state index in [9.17, 15) is 0 Å². The van der Waals surface area contributed by atoms with Gasteiger partial charge in [-0.2, -0.15) is 0 Å². The van der Waals surface area contributed by atoms with Gasteiger partial charge in [-0.25, -0.2) is 0 Å². The van der Waals surface area contributed by atoms with Crippen molar-refractivity contribution >= 4 is 0 Å². The Labute approximate surface area is 107 Å². The normalized spacial score (nSPS) is 12.5. The summed E-state index contributed by atoms with van der Waals surface area (Å²) in [6, 6.07) is 7.77. The molecule has 0 fully saturated rings. The molecule has 0 aliphatic rings. The summed E-state index contributed by atoms with van der Waals surface area (Å²) in [5.74, 6) is 1.22. The van der Waals surface area contributed by atoms with Gasteiger partial charge in [-0.3, -0.25) is 4.98 Å². The molecule has 2 aromatic rings. The molecule has 0 aliphatic heterocycles. The van der Waals surface area contributed by atoms with Crippen LogP contribution >= 0.6 is 0 Å². The number of pyridine rings is 1. The molecule has 2 heterocycles. The maximum Gasteiger partial charge on any atom is 0.133 e. The Morgan fingerprint density at radius 3 is 2.94 bits per heavy atom. The second-order valence-corrected chi connectivity index (χ2v) is 4.41. The predicted octanol–water partition coefficient (Wildman–Crippen LogP) is 2.49. The number of rotatable bonds is 6. The van der Waals surface area contributed by atoms with Gasteiger partial charge in [-0.1, -0.05) is 0 Å². The zero-order chi connectivity index (χ0) is 12.8. The Kier molecular flexibility index (Phi) is 4.36. The summed E-state index contributed by atoms with van der Waals surface area (Å²) >= 11 is 0. The van der Waals surface area contributed by atoms with Crippen LogP contribution in [-0.4, -0.2) is 16.1 Å². The largest absolute Gasteiger partial charge is 0.506 e. The Bertz CT molecular complexity index is 451. The number of hydrogen-bond donors (Lipinski definition) is 2. The minimum Gasteiger partial charge on any atom is -0.506 e. The summed E-state index contributed by atoms with van der Waals surface area (Å²) < 4.78 is 5.29. The van der Waals surface area contributed by atoms with Crippen molar-refractivity contribution in [3.63, 3.8) is 0 Å². The molecule has 0 saturated heterocycles. The van der Waals surface area contributed by atoms with E-state index in [1.807, 2.05) is 18.2 Å². The number of nitrogens with zero attached hydrogens (tertiary/aromatic N) is 1. The number of aromatic hydroxyl groups is 1. The van der Waals surface area contributed by atoms with Crippen molar-refractivity contribution < 1.29 is 9.52 Å². The average Bonchev–Trinajstić information content (AvgIpc) is 2.89. The van der Waals surface area contributed by atoms with Crippen molar-refractivity contribution in [2.75, 3.05) is 0 Å². The highest BCUT2D eigenvalue weighted by molar-refractivity contribution is 5.17. The molecule has 0 radical (unpaired) electrons. The van der Waals surface area contributed by atoms with E-state index in [0.717, 1.165) is 24.3 Å². The minimum atomic E-state index is 0.199. The van der Waals surface area contributed by atoms with Crippen LogP contribution in [0, 0.1) is 0 Å². The third kappa shape index (κ3) is 3.89. The van der Waals surface area contributed by atoms with Crippen LogP contribution in [0.4, 0.5) is 0 Å². The molecule has 2 rings (SSSR count). The molecule has 4 heteroatoms. The van der Waals surface area contributed by atoms with Crippen molar-refractivity contribution in [1.29, 1.82) is 0 Å². The fraction of sp³-hybridized carbons (Fsp3) is 0.357. The van der Waals surface area contributed by atoms with Crippen molar-refractivity contribution in [3.8, 4) is 5.75 Å². The van der Waals surface area contributed by atoms with E-state index in [-0.39, 0.29) is 5.75 Å². The van der Waals surface area contributed by atoms with E-state index < -0.39 is 0 Å². The molecule has 2 N–H and O–H groups in total. The van der Waals surface area contributed by atoms with Gasteiger partial charge < -0.3 is 14.8 Å². The van der Waals surface area contributed by atoms with Gasteiger partial charge in [0.15, 0.2) is 0 Å². The zero-order valence-corrected chi connectivity index (χ0v) is 10.5. The lowest BCUT2D eigenvalue weighted by atomic mass is 10.1. The predicted molar refractivity (Wildman–Crippen MR) is 69.2 cm³/mol. The first-order chi connectivity index (χ1) is 8.74. The van der Waals surface area contributed by atoms with Crippen molar-refractivity contribution in [1.82, 2.24) is 10.3 Å². The quantitative estimate of drug-likeness (QED) is 0.822. The van der Waals surface area contributed by atoms with E-state index in [4.69, 9.17) is 9.52 Å². The Morgan fingerprint density at radius 2 is 2.28 bits per heavy atom. The van der Waals surface area contributed by atoms with Gasteiger partial charge in [-0.15, -0.1) is 0 Å². The van der Waals surface area contributed by atoms with Crippen LogP contribution in [0.15, 0.2) is 41.1 Å². The molecular formula is C14H18N2O2. The first-order valence-electron chi connectivity index (χ1n) is 6.13. The van der Waals surface area contributed by atoms with Gasteiger partial charge >= 0.3 is 0 Å². The Balaban J connectivity index is 1.71. The second-order valence-electron chi connectivity index (χ2n) is 4.41. The zero-order valence-electron chi connectivity index (χ0n) is 10.5. The van der Waals surface area contributed by atoms with Gasteiger partial charge in [0.25, 0.3) is 0 Å². The summed E-state index contributed by atoms with van der Waals surface area (Å²) in [6.07, 6.45) is 5.12. The molecule has 0 amide bonds. The molecule has 0 saturated carbocycles. The van der Waals surface area contributed by atoms with Crippen LogP contribution < -0.4 is 5.32 Å². The fourth-order valence-corrected chi connectivity index (χ4v) is 1.72. The summed E-state index contributed by atoms with van der Waals surface area (Å²) in [6.45, 7) is 2.85. The van der Waals surface area contributed by atoms with Crippen molar-refractivity contribution in [2.45, 2.75) is 32.4 Å². The molecule has 0 spiro atoms. The molecule has 2 aromatic heterocycles. The fourth-order valence-electron chi connectivity index (χ4n) is 1.72. The third-order valence-electron chi connectivity index (χ3n) is 2.84. The smallest absolute Gasteiger partial charge is 0.133 e. The van der Waals surface area contributed by atoms with E-state index in [1.54, 1.807) is 12.3 Å². The maximum absolute atomic E-state index is 9.13. The lowest BCUT2D eigenvalue weighted by Gasteiger charge is -2.12. The maximum atomic E-state index is 9.13. The lowest BCUT2D eigenvalue weighted by Crippen LogP contribution is -2.26. The number of nitrogens with one attached hydrogen (secondary N) is 1. The molecule has 0 aromatic carbocycles. The number of aryl methyl sites for hydroxylation is 1. The second kappa shape index (κ2) is 6.21. The monoisotopic (exact) mass is 246 g/mol. The van der Waals surface area contributed by atoms with Crippen molar-refractivity contribution in [3.05, 3.63) is 48.2 Å². The highest BCUT2D eigenvalue weighted by Crippen LogP contribution is 2.08. The summed E-state index contributed by atoms with van der Waals surface area (Å²) in [5.41, 5.74) is 0.928. The van der Waals surface area contributed by atoms with Gasteiger partial charge in [0, 0.05) is 19.0 Å². The molecule has 1 atom stereocenters. The number of aromatic nitrogens is 1. The molecular weight excluding hydrogens is 228 g/mol. The first-order valence-corrected chi connectivity index (χ1v) is 6.13. The van der Waals surface area contributed by atoms with Crippen LogP contribution in [-0.2, 0) is 13.0 Å². The first kappa shape index (κ1) is 12.6. The summed E-state index contributed by atoms with van der Waals surface area (Å²) in [7, 11) is 0. The van der Waals surface area contributed by atoms with Crippen LogP contribution in [0.25, 0.3) is 0 Å². The van der Waals surface area contributed by atoms with Crippen LogP contribution in [0.1, 0.15) is 24.8 Å². The van der Waals surface area contributed by atoms with E-state index in [1.165, 1.54) is 6.20 Å². The van der Waals surface area contributed by atoms with Gasteiger partial charge in [-0.05, 0) is 37.6 Å². The third-order valence-corrected chi connectivity index (χ3v) is 2.84. The standard InChI is InChI=1S/C14H18N2O2/c1-11(4-7-14-3-2-8-18-14)15-9-12-5-6-13(17)10-16-12/h2-3,5-6,8,10-11,15,17H,4,7,9H2,1H3. The Hall–Kier alpha value is -1.81. The highest BCUT2D eigenvalue weighted by Gasteiger charge is 2.04.